The predicted molar refractivity (Wildman–Crippen MR) is 139 cm³/mol. The molecule has 3 aromatic rings. The fraction of sp³-hybridized carbons (Fsp3) is 0.267. The first-order chi connectivity index (χ1) is 16.9. The van der Waals surface area contributed by atoms with E-state index >= 15 is 0 Å². The van der Waals surface area contributed by atoms with Gasteiger partial charge in [-0.1, -0.05) is 45.0 Å². The topological polar surface area (TPSA) is 66.8 Å². The molecule has 5 nitrogen and oxygen atoms in total. The second-order valence-electron chi connectivity index (χ2n) is 10.2. The molecule has 4 rings (SSSR count). The Labute approximate surface area is 210 Å². The molecule has 0 aliphatic carbocycles. The first kappa shape index (κ1) is 25.2. The molecule has 0 saturated carbocycles. The molecular formula is C30H30FNO4. The largest absolute Gasteiger partial charge is 0.507 e. The summed E-state index contributed by atoms with van der Waals surface area (Å²) in [6, 6.07) is 15.7. The van der Waals surface area contributed by atoms with Gasteiger partial charge in [-0.05, 0) is 77.9 Å². The van der Waals surface area contributed by atoms with E-state index in [1.54, 1.807) is 12.1 Å². The maximum Gasteiger partial charge on any atom is 0.300 e. The van der Waals surface area contributed by atoms with Crippen LogP contribution in [0.15, 0.2) is 66.2 Å². The van der Waals surface area contributed by atoms with Crippen molar-refractivity contribution >= 4 is 23.1 Å². The Balaban J connectivity index is 2.01. The Morgan fingerprint density at radius 2 is 1.56 bits per heavy atom. The third-order valence-electron chi connectivity index (χ3n) is 6.44. The molecule has 0 radical (unpaired) electrons. The molecule has 1 amide bonds. The number of amides is 1. The third-order valence-corrected chi connectivity index (χ3v) is 6.44. The second-order valence-corrected chi connectivity index (χ2v) is 10.2. The molecule has 1 fully saturated rings. The second kappa shape index (κ2) is 9.26. The maximum atomic E-state index is 13.8. The summed E-state index contributed by atoms with van der Waals surface area (Å²) in [5.74, 6) is -1.99. The average molecular weight is 488 g/mol. The molecule has 1 aliphatic heterocycles. The number of halogens is 1. The lowest BCUT2D eigenvalue weighted by atomic mass is 9.85. The minimum absolute atomic E-state index is 0.0740. The molecule has 1 N–H and O–H groups in total. The zero-order chi connectivity index (χ0) is 26.4. The van der Waals surface area contributed by atoms with Crippen LogP contribution in [0.4, 0.5) is 10.1 Å². The Hall–Kier alpha value is -3.93. The number of hydrogen-bond donors (Lipinski definition) is 1. The summed E-state index contributed by atoms with van der Waals surface area (Å²) in [6.07, 6.45) is 0. The van der Waals surface area contributed by atoms with Crippen LogP contribution in [0.3, 0.4) is 0 Å². The number of anilines is 1. The molecule has 3 aromatic carbocycles. The van der Waals surface area contributed by atoms with Crippen LogP contribution in [-0.2, 0) is 15.0 Å². The van der Waals surface area contributed by atoms with E-state index in [1.807, 2.05) is 58.9 Å². The van der Waals surface area contributed by atoms with Gasteiger partial charge in [0, 0.05) is 5.69 Å². The molecule has 0 bridgehead atoms. The predicted octanol–water partition coefficient (Wildman–Crippen LogP) is 6.37. The van der Waals surface area contributed by atoms with Crippen LogP contribution >= 0.6 is 0 Å². The summed E-state index contributed by atoms with van der Waals surface area (Å²) >= 11 is 0. The van der Waals surface area contributed by atoms with Gasteiger partial charge in [-0.2, -0.15) is 0 Å². The number of benzene rings is 3. The van der Waals surface area contributed by atoms with Gasteiger partial charge in [0.1, 0.15) is 17.3 Å². The van der Waals surface area contributed by atoms with Crippen molar-refractivity contribution < 1.29 is 23.8 Å². The number of aliphatic hydroxyl groups is 1. The van der Waals surface area contributed by atoms with Crippen LogP contribution in [0.25, 0.3) is 5.76 Å². The number of nitrogens with zero attached hydrogens (tertiary/aromatic N) is 1. The van der Waals surface area contributed by atoms with Gasteiger partial charge < -0.3 is 9.84 Å². The third kappa shape index (κ3) is 4.51. The summed E-state index contributed by atoms with van der Waals surface area (Å²) in [5, 5.41) is 11.6. The number of hydrogen-bond acceptors (Lipinski definition) is 4. The Kier molecular flexibility index (Phi) is 6.48. The summed E-state index contributed by atoms with van der Waals surface area (Å²) in [6.45, 7) is 9.92. The van der Waals surface area contributed by atoms with Gasteiger partial charge in [-0.15, -0.1) is 0 Å². The van der Waals surface area contributed by atoms with E-state index in [4.69, 9.17) is 4.74 Å². The standard InChI is InChI=1S/C30H30FNO4/c1-17-13-18(2)15-22(14-17)32-26(19-7-10-21(31)11-8-19)25(28(34)29(32)35)27(33)23-16-20(30(3,4)5)9-12-24(23)36-6/h7-16,26,33H,1-6H3/b27-25+. The quantitative estimate of drug-likeness (QED) is 0.264. The van der Waals surface area contributed by atoms with Gasteiger partial charge in [0.15, 0.2) is 0 Å². The molecule has 1 atom stereocenters. The number of methoxy groups -OCH3 is 1. The monoisotopic (exact) mass is 487 g/mol. The normalized spacial score (nSPS) is 17.5. The molecule has 1 aliphatic rings. The van der Waals surface area contributed by atoms with Crippen molar-refractivity contribution in [2.45, 2.75) is 46.1 Å². The smallest absolute Gasteiger partial charge is 0.300 e. The van der Waals surface area contributed by atoms with Crippen molar-refractivity contribution in [3.05, 3.63) is 99.9 Å². The lowest BCUT2D eigenvalue weighted by Gasteiger charge is -2.26. The van der Waals surface area contributed by atoms with E-state index in [1.165, 1.54) is 36.3 Å². The highest BCUT2D eigenvalue weighted by Gasteiger charge is 2.47. The lowest BCUT2D eigenvalue weighted by Crippen LogP contribution is -2.29. The van der Waals surface area contributed by atoms with E-state index in [9.17, 15) is 19.1 Å². The van der Waals surface area contributed by atoms with Gasteiger partial charge in [0.05, 0.1) is 24.3 Å². The van der Waals surface area contributed by atoms with E-state index in [-0.39, 0.29) is 16.7 Å². The van der Waals surface area contributed by atoms with Gasteiger partial charge in [-0.25, -0.2) is 4.39 Å². The summed E-state index contributed by atoms with van der Waals surface area (Å²) in [5.41, 5.74) is 3.80. The number of ether oxygens (including phenoxy) is 1. The minimum atomic E-state index is -0.949. The van der Waals surface area contributed by atoms with Gasteiger partial charge >= 0.3 is 0 Å². The van der Waals surface area contributed by atoms with E-state index in [0.29, 0.717) is 22.6 Å². The average Bonchev–Trinajstić information content (AvgIpc) is 3.08. The molecule has 1 heterocycles. The van der Waals surface area contributed by atoms with Crippen LogP contribution in [0.1, 0.15) is 54.6 Å². The number of carbonyl (C=O) groups is 2. The summed E-state index contributed by atoms with van der Waals surface area (Å²) in [7, 11) is 1.48. The highest BCUT2D eigenvalue weighted by Crippen LogP contribution is 2.44. The first-order valence-electron chi connectivity index (χ1n) is 11.8. The Morgan fingerprint density at radius 1 is 0.944 bits per heavy atom. The molecular weight excluding hydrogens is 457 g/mol. The first-order valence-corrected chi connectivity index (χ1v) is 11.8. The lowest BCUT2D eigenvalue weighted by molar-refractivity contribution is -0.132. The molecule has 0 spiro atoms. The number of ketones is 1. The van der Waals surface area contributed by atoms with Crippen molar-refractivity contribution in [3.63, 3.8) is 0 Å². The number of Topliss-reactive ketones (excluding diaryl/α,β-unsaturated/α-hetero) is 1. The Bertz CT molecular complexity index is 1360. The summed E-state index contributed by atoms with van der Waals surface area (Å²) in [4.78, 5) is 28.3. The highest BCUT2D eigenvalue weighted by molar-refractivity contribution is 6.51. The van der Waals surface area contributed by atoms with Crippen LogP contribution in [0.2, 0.25) is 0 Å². The van der Waals surface area contributed by atoms with Crippen molar-refractivity contribution in [3.8, 4) is 5.75 Å². The fourth-order valence-electron chi connectivity index (χ4n) is 4.65. The molecule has 36 heavy (non-hydrogen) atoms. The van der Waals surface area contributed by atoms with E-state index < -0.39 is 23.5 Å². The molecule has 1 unspecified atom stereocenters. The highest BCUT2D eigenvalue weighted by atomic mass is 19.1. The van der Waals surface area contributed by atoms with Crippen molar-refractivity contribution in [1.29, 1.82) is 0 Å². The van der Waals surface area contributed by atoms with Crippen molar-refractivity contribution in [1.82, 2.24) is 0 Å². The minimum Gasteiger partial charge on any atom is -0.507 e. The molecule has 186 valence electrons. The van der Waals surface area contributed by atoms with Gasteiger partial charge in [0.25, 0.3) is 11.7 Å². The maximum absolute atomic E-state index is 13.8. The number of carbonyl (C=O) groups excluding carboxylic acids is 2. The zero-order valence-corrected chi connectivity index (χ0v) is 21.3. The number of rotatable bonds is 4. The molecule has 6 heteroatoms. The zero-order valence-electron chi connectivity index (χ0n) is 21.3. The molecule has 1 saturated heterocycles. The summed E-state index contributed by atoms with van der Waals surface area (Å²) < 4.78 is 19.3. The van der Waals surface area contributed by atoms with Crippen molar-refractivity contribution in [2.75, 3.05) is 12.0 Å². The van der Waals surface area contributed by atoms with Crippen LogP contribution in [0.5, 0.6) is 5.75 Å². The number of aryl methyl sites for hydroxylation is 2. The van der Waals surface area contributed by atoms with Gasteiger partial charge in [0.2, 0.25) is 0 Å². The van der Waals surface area contributed by atoms with Crippen molar-refractivity contribution in [2.24, 2.45) is 0 Å². The molecule has 0 aromatic heterocycles. The van der Waals surface area contributed by atoms with Crippen LogP contribution in [0, 0.1) is 19.7 Å². The van der Waals surface area contributed by atoms with E-state index in [2.05, 4.69) is 0 Å². The Morgan fingerprint density at radius 3 is 2.11 bits per heavy atom. The SMILES string of the molecule is COc1ccc(C(C)(C)C)cc1/C(O)=C1\C(=O)C(=O)N(c2cc(C)cc(C)c2)C1c1ccc(F)cc1. The van der Waals surface area contributed by atoms with Crippen LogP contribution in [-0.4, -0.2) is 23.9 Å². The van der Waals surface area contributed by atoms with E-state index in [0.717, 1.165) is 16.7 Å². The van der Waals surface area contributed by atoms with Crippen LogP contribution < -0.4 is 9.64 Å². The van der Waals surface area contributed by atoms with Gasteiger partial charge in [-0.3, -0.25) is 14.5 Å². The fourth-order valence-corrected chi connectivity index (χ4v) is 4.65. The number of aliphatic hydroxyl groups excluding tert-OH is 1.